The summed E-state index contributed by atoms with van der Waals surface area (Å²) in [5.74, 6) is 0.888. The molecule has 7 heteroatoms. The summed E-state index contributed by atoms with van der Waals surface area (Å²) in [4.78, 5) is 0. The Morgan fingerprint density at radius 2 is 1.38 bits per heavy atom. The molecule has 34 heavy (non-hydrogen) atoms. The van der Waals surface area contributed by atoms with Crippen LogP contribution in [0.3, 0.4) is 0 Å². The zero-order valence-corrected chi connectivity index (χ0v) is 19.4. The normalized spacial score (nSPS) is 11.4. The van der Waals surface area contributed by atoms with E-state index in [1.54, 1.807) is 0 Å². The van der Waals surface area contributed by atoms with Crippen molar-refractivity contribution in [3.8, 4) is 11.3 Å². The molecular formula is C27H24ClNO5. The predicted octanol–water partition coefficient (Wildman–Crippen LogP) is 3.14. The first kappa shape index (κ1) is 23.9. The first-order valence-corrected chi connectivity index (χ1v) is 12.2. The topological polar surface area (TPSA) is 116 Å². The molecule has 4 aromatic carbocycles. The minimum absolute atomic E-state index is 0.888. The van der Waals surface area contributed by atoms with Crippen LogP contribution in [-0.2, 0) is 0 Å². The van der Waals surface area contributed by atoms with Crippen LogP contribution in [0.25, 0.3) is 43.8 Å². The van der Waals surface area contributed by atoms with Crippen LogP contribution in [0, 0.1) is 10.2 Å². The summed E-state index contributed by atoms with van der Waals surface area (Å²) in [5, 5.41) is 9.57. The highest BCUT2D eigenvalue weighted by atomic mass is 35.7. The lowest BCUT2D eigenvalue weighted by Crippen LogP contribution is -2.68. The molecule has 0 fully saturated rings. The number of benzene rings is 4. The quantitative estimate of drug-likeness (QED) is 0.236. The Labute approximate surface area is 199 Å². The molecule has 1 N–H and O–H groups in total. The van der Waals surface area contributed by atoms with E-state index in [0.717, 1.165) is 46.3 Å². The number of hydrogen-bond acceptors (Lipinski definition) is 5. The monoisotopic (exact) mass is 477 g/mol. The van der Waals surface area contributed by atoms with Crippen LogP contribution >= 0.6 is 0 Å². The van der Waals surface area contributed by atoms with Crippen molar-refractivity contribution in [2.24, 2.45) is 0 Å². The summed E-state index contributed by atoms with van der Waals surface area (Å²) in [6.07, 6.45) is 2.31. The van der Waals surface area contributed by atoms with Gasteiger partial charge in [-0.3, -0.25) is 0 Å². The van der Waals surface area contributed by atoms with Crippen LogP contribution in [0.4, 0.5) is 5.69 Å². The molecule has 1 aromatic heterocycles. The summed E-state index contributed by atoms with van der Waals surface area (Å²) in [6, 6.07) is 29.9. The van der Waals surface area contributed by atoms with Gasteiger partial charge in [-0.25, -0.2) is 23.1 Å². The zero-order chi connectivity index (χ0) is 24.1. The van der Waals surface area contributed by atoms with Gasteiger partial charge in [0.05, 0.1) is 22.7 Å². The van der Waals surface area contributed by atoms with Crippen molar-refractivity contribution in [1.29, 1.82) is 0 Å². The fourth-order valence-electron chi connectivity index (χ4n) is 3.94. The van der Waals surface area contributed by atoms with Gasteiger partial charge in [-0.2, -0.15) is 0 Å². The van der Waals surface area contributed by atoms with E-state index in [1.165, 1.54) is 22.6 Å². The van der Waals surface area contributed by atoms with E-state index in [0.29, 0.717) is 0 Å². The van der Waals surface area contributed by atoms with Crippen molar-refractivity contribution in [2.75, 3.05) is 11.9 Å². The number of unbranched alkanes of at least 4 members (excludes halogenated alkanes) is 1. The fraction of sp³-hybridized carbons (Fsp3) is 0.148. The lowest BCUT2D eigenvalue weighted by atomic mass is 10.0. The average Bonchev–Trinajstić information content (AvgIpc) is 2.82. The van der Waals surface area contributed by atoms with Gasteiger partial charge in [0.1, 0.15) is 5.39 Å². The Morgan fingerprint density at radius 3 is 2.12 bits per heavy atom. The Bertz CT molecular complexity index is 1430. The molecule has 0 aliphatic rings. The molecular weight excluding hydrogens is 454 g/mol. The summed E-state index contributed by atoms with van der Waals surface area (Å²) in [6.45, 7) is 3.17. The van der Waals surface area contributed by atoms with Crippen LogP contribution in [0.2, 0.25) is 0 Å². The molecule has 0 bridgehead atoms. The smallest absolute Gasteiger partial charge is 0.370 e. The van der Waals surface area contributed by atoms with E-state index < -0.39 is 10.2 Å². The second-order valence-corrected chi connectivity index (χ2v) is 8.66. The van der Waals surface area contributed by atoms with Crippen molar-refractivity contribution in [3.63, 3.8) is 0 Å². The fourth-order valence-corrected chi connectivity index (χ4v) is 3.94. The van der Waals surface area contributed by atoms with Crippen LogP contribution in [0.5, 0.6) is 0 Å². The van der Waals surface area contributed by atoms with Crippen molar-refractivity contribution >= 4 is 38.2 Å². The largest absolute Gasteiger partial charge is 0.384 e. The molecule has 0 saturated carbocycles. The Morgan fingerprint density at radius 1 is 0.735 bits per heavy atom. The summed E-state index contributed by atoms with van der Waals surface area (Å²) in [5.41, 5.74) is 3.17. The molecule has 0 aliphatic heterocycles. The molecule has 174 valence electrons. The molecule has 5 aromatic rings. The second kappa shape index (κ2) is 10.3. The molecule has 0 amide bonds. The van der Waals surface area contributed by atoms with Gasteiger partial charge >= 0.3 is 11.3 Å². The van der Waals surface area contributed by atoms with E-state index >= 15 is 0 Å². The first-order chi connectivity index (χ1) is 16.3. The third-order valence-corrected chi connectivity index (χ3v) is 5.54. The minimum atomic E-state index is -4.94. The molecule has 0 atom stereocenters. The van der Waals surface area contributed by atoms with E-state index in [2.05, 4.69) is 97.2 Å². The maximum Gasteiger partial charge on any atom is 0.370 e. The molecule has 0 spiro atoms. The lowest BCUT2D eigenvalue weighted by Gasteiger charge is -2.17. The predicted molar refractivity (Wildman–Crippen MR) is 124 cm³/mol. The Hall–Kier alpha value is -3.26. The molecule has 1 heterocycles. The molecule has 0 aliphatic carbocycles. The van der Waals surface area contributed by atoms with Gasteiger partial charge in [0.2, 0.25) is 0 Å². The average molecular weight is 478 g/mol. The maximum absolute atomic E-state index is 8.49. The number of hydrogen-bond donors (Lipinski definition) is 1. The van der Waals surface area contributed by atoms with Gasteiger partial charge in [0.15, 0.2) is 0 Å². The summed E-state index contributed by atoms with van der Waals surface area (Å²) >= 11 is 0. The molecule has 5 rings (SSSR count). The van der Waals surface area contributed by atoms with Crippen LogP contribution < -0.4 is 24.0 Å². The first-order valence-electron chi connectivity index (χ1n) is 11.0. The minimum Gasteiger partial charge on any atom is -0.384 e. The zero-order valence-electron chi connectivity index (χ0n) is 18.6. The Balaban J connectivity index is 0.000000499. The van der Waals surface area contributed by atoms with E-state index in [9.17, 15) is 0 Å². The molecule has 0 unspecified atom stereocenters. The van der Waals surface area contributed by atoms with Gasteiger partial charge in [-0.05, 0) is 46.8 Å². The molecule has 0 radical (unpaired) electrons. The van der Waals surface area contributed by atoms with Gasteiger partial charge in [-0.1, -0.05) is 67.9 Å². The SMILES string of the molecule is CCCCNc1cc(-c2ccc3ccccc3c2)[o+]c2c1ccc1ccccc12.[O-][Cl+3]([O-])([O-])[O-]. The Kier molecular flexibility index (Phi) is 7.26. The van der Waals surface area contributed by atoms with Crippen LogP contribution in [0.1, 0.15) is 19.8 Å². The van der Waals surface area contributed by atoms with E-state index in [-0.39, 0.29) is 0 Å². The lowest BCUT2D eigenvalue weighted by molar-refractivity contribution is -2.00. The molecule has 6 nitrogen and oxygen atoms in total. The van der Waals surface area contributed by atoms with Gasteiger partial charge in [-0.15, -0.1) is 10.2 Å². The van der Waals surface area contributed by atoms with Crippen molar-refractivity contribution < 1.29 is 33.3 Å². The summed E-state index contributed by atoms with van der Waals surface area (Å²) < 4.78 is 40.5. The van der Waals surface area contributed by atoms with Gasteiger partial charge < -0.3 is 5.32 Å². The number of nitrogens with one attached hydrogen (secondary N) is 1. The van der Waals surface area contributed by atoms with Gasteiger partial charge in [0, 0.05) is 6.54 Å². The highest BCUT2D eigenvalue weighted by Crippen LogP contribution is 2.36. The maximum atomic E-state index is 8.49. The number of fused-ring (bicyclic) bond motifs is 4. The van der Waals surface area contributed by atoms with Crippen LogP contribution in [0.15, 0.2) is 89.3 Å². The van der Waals surface area contributed by atoms with Crippen molar-refractivity contribution in [1.82, 2.24) is 0 Å². The number of anilines is 1. The number of rotatable bonds is 5. The second-order valence-electron chi connectivity index (χ2n) is 7.91. The van der Waals surface area contributed by atoms with Gasteiger partial charge in [0.25, 0.3) is 0 Å². The standard InChI is InChI=1S/C27H24NO.ClHO4/c1-2-3-16-28-25-18-26(22-13-12-19-8-4-5-10-21(19)17-22)29-27-23-11-7-6-9-20(23)14-15-24(25)27;2-1(3,4)5/h4-15,17-18,28H,2-3,16H2,1H3;(H,2,3,4,5)/q+1;/p-1. The summed E-state index contributed by atoms with van der Waals surface area (Å²) in [7, 11) is -4.94. The van der Waals surface area contributed by atoms with Crippen molar-refractivity contribution in [2.45, 2.75) is 19.8 Å². The third kappa shape index (κ3) is 5.80. The van der Waals surface area contributed by atoms with E-state index in [4.69, 9.17) is 23.1 Å². The highest BCUT2D eigenvalue weighted by molar-refractivity contribution is 6.08. The van der Waals surface area contributed by atoms with Crippen LogP contribution in [-0.4, -0.2) is 6.54 Å². The van der Waals surface area contributed by atoms with E-state index in [1.807, 2.05) is 0 Å². The third-order valence-electron chi connectivity index (χ3n) is 5.54. The molecule has 0 saturated heterocycles. The number of halogens is 1. The van der Waals surface area contributed by atoms with Crippen molar-refractivity contribution in [3.05, 3.63) is 84.9 Å². The highest BCUT2D eigenvalue weighted by Gasteiger charge is 2.21.